The number of carbonyl (C=O) groups excluding carboxylic acids is 3. The van der Waals surface area contributed by atoms with E-state index in [1.807, 2.05) is 68.6 Å². The molecule has 43 heavy (non-hydrogen) atoms. The summed E-state index contributed by atoms with van der Waals surface area (Å²) in [6.45, 7) is 5.93. The average Bonchev–Trinajstić information content (AvgIpc) is 3.57. The summed E-state index contributed by atoms with van der Waals surface area (Å²) in [4.78, 5) is 38.9. The van der Waals surface area contributed by atoms with Crippen LogP contribution in [0.5, 0.6) is 0 Å². The van der Waals surface area contributed by atoms with E-state index in [9.17, 15) is 14.4 Å². The van der Waals surface area contributed by atoms with Crippen LogP contribution in [0.25, 0.3) is 11.1 Å². The third-order valence-corrected chi connectivity index (χ3v) is 11.9. The zero-order valence-corrected chi connectivity index (χ0v) is 26.9. The fraction of sp³-hybridized carbons (Fsp3) is 0.545. The molecular formula is C33H43N3O5S2. The van der Waals surface area contributed by atoms with Gasteiger partial charge in [0, 0.05) is 24.0 Å². The zero-order valence-electron chi connectivity index (χ0n) is 25.3. The van der Waals surface area contributed by atoms with Gasteiger partial charge in [-0.3, -0.25) is 4.79 Å². The predicted molar refractivity (Wildman–Crippen MR) is 174 cm³/mol. The molecule has 3 aliphatic rings. The van der Waals surface area contributed by atoms with Crippen LogP contribution in [-0.4, -0.2) is 64.5 Å². The molecule has 232 valence electrons. The van der Waals surface area contributed by atoms with Gasteiger partial charge in [0.15, 0.2) is 0 Å². The number of hydrogen-bond donors (Lipinski definition) is 3. The van der Waals surface area contributed by atoms with E-state index >= 15 is 0 Å². The summed E-state index contributed by atoms with van der Waals surface area (Å²) < 4.78 is 11.1. The van der Waals surface area contributed by atoms with Crippen LogP contribution in [0.15, 0.2) is 48.5 Å². The first-order valence-corrected chi connectivity index (χ1v) is 17.3. The highest BCUT2D eigenvalue weighted by atomic mass is 32.2. The first-order valence-electron chi connectivity index (χ1n) is 15.3. The normalized spacial score (nSPS) is 19.7. The minimum Gasteiger partial charge on any atom is -0.449 e. The monoisotopic (exact) mass is 625 g/mol. The number of thioether (sulfide) groups is 2. The molecule has 2 aromatic rings. The van der Waals surface area contributed by atoms with Gasteiger partial charge in [0.05, 0.1) is 10.1 Å². The largest absolute Gasteiger partial charge is 0.449 e. The van der Waals surface area contributed by atoms with Crippen molar-refractivity contribution in [2.45, 2.75) is 87.0 Å². The standard InChI is InChI=1S/C33H43N3O5S2/c1-32(2,3)41-30(38)34-18-10-15-27(29(37)36-28-16-8-9-17-33(28)42-19-20-43-33)35-31(39)40-21-26-24-13-6-4-11-22(24)23-12-5-7-14-25(23)26/h4-7,11-14,26-28H,8-10,15-21H2,1-3H3,(H,34,38)(H,35,39)(H,36,37)/t27-,28+/m0/s1. The lowest BCUT2D eigenvalue weighted by Gasteiger charge is -2.40. The summed E-state index contributed by atoms with van der Waals surface area (Å²) in [5.41, 5.74) is 3.99. The van der Waals surface area contributed by atoms with Crippen molar-refractivity contribution in [2.24, 2.45) is 0 Å². The Morgan fingerprint density at radius 2 is 1.60 bits per heavy atom. The highest BCUT2D eigenvalue weighted by Gasteiger charge is 2.45. The molecule has 0 aromatic heterocycles. The average molecular weight is 626 g/mol. The van der Waals surface area contributed by atoms with E-state index in [2.05, 4.69) is 40.2 Å². The number of alkyl carbamates (subject to hydrolysis) is 2. The Morgan fingerprint density at radius 3 is 2.26 bits per heavy atom. The molecule has 10 heteroatoms. The summed E-state index contributed by atoms with van der Waals surface area (Å²) >= 11 is 3.91. The fourth-order valence-corrected chi connectivity index (χ4v) is 9.77. The quantitative estimate of drug-likeness (QED) is 0.276. The van der Waals surface area contributed by atoms with Gasteiger partial charge in [-0.15, -0.1) is 23.5 Å². The number of nitrogens with one attached hydrogen (secondary N) is 3. The lowest BCUT2D eigenvalue weighted by Crippen LogP contribution is -2.55. The van der Waals surface area contributed by atoms with Crippen molar-refractivity contribution in [2.75, 3.05) is 24.7 Å². The van der Waals surface area contributed by atoms with Gasteiger partial charge in [0.2, 0.25) is 5.91 Å². The Hall–Kier alpha value is -2.85. The van der Waals surface area contributed by atoms with Crippen LogP contribution in [0.3, 0.4) is 0 Å². The number of ether oxygens (including phenoxy) is 2. The van der Waals surface area contributed by atoms with Gasteiger partial charge < -0.3 is 25.4 Å². The van der Waals surface area contributed by atoms with Crippen LogP contribution in [-0.2, 0) is 14.3 Å². The van der Waals surface area contributed by atoms with Crippen molar-refractivity contribution < 1.29 is 23.9 Å². The molecule has 1 aliphatic heterocycles. The minimum absolute atomic E-state index is 0.0144. The molecular weight excluding hydrogens is 583 g/mol. The second kappa shape index (κ2) is 13.8. The zero-order chi connectivity index (χ0) is 30.5. The van der Waals surface area contributed by atoms with Crippen molar-refractivity contribution in [3.05, 3.63) is 59.7 Å². The fourth-order valence-electron chi connectivity index (χ4n) is 6.25. The number of benzene rings is 2. The molecule has 3 amide bonds. The van der Waals surface area contributed by atoms with Gasteiger partial charge in [-0.2, -0.15) is 0 Å². The molecule has 2 aromatic carbocycles. The summed E-state index contributed by atoms with van der Waals surface area (Å²) in [7, 11) is 0. The highest BCUT2D eigenvalue weighted by molar-refractivity contribution is 8.21. The second-order valence-electron chi connectivity index (χ2n) is 12.4. The van der Waals surface area contributed by atoms with Gasteiger partial charge in [0.25, 0.3) is 0 Å². The summed E-state index contributed by atoms with van der Waals surface area (Å²) in [6.07, 6.45) is 3.98. The predicted octanol–water partition coefficient (Wildman–Crippen LogP) is 6.43. The third-order valence-electron chi connectivity index (χ3n) is 8.18. The number of hydrogen-bond acceptors (Lipinski definition) is 7. The SMILES string of the molecule is CC(C)(C)OC(=O)NCCC[C@H](NC(=O)OCC1c2ccccc2-c2ccccc21)C(=O)N[C@@H]1CCCCC12SCCS2. The first-order chi connectivity index (χ1) is 20.7. The van der Waals surface area contributed by atoms with Gasteiger partial charge >= 0.3 is 12.2 Å². The molecule has 8 nitrogen and oxygen atoms in total. The molecule has 0 bridgehead atoms. The van der Waals surface area contributed by atoms with Crippen LogP contribution < -0.4 is 16.0 Å². The van der Waals surface area contributed by atoms with Gasteiger partial charge in [-0.05, 0) is 68.7 Å². The van der Waals surface area contributed by atoms with Crippen LogP contribution >= 0.6 is 23.5 Å². The van der Waals surface area contributed by atoms with Crippen LogP contribution in [0.4, 0.5) is 9.59 Å². The minimum atomic E-state index is -0.786. The number of rotatable bonds is 9. The van der Waals surface area contributed by atoms with E-state index in [0.717, 1.165) is 53.0 Å². The third kappa shape index (κ3) is 7.81. The van der Waals surface area contributed by atoms with Crippen molar-refractivity contribution >= 4 is 41.6 Å². The molecule has 3 N–H and O–H groups in total. The van der Waals surface area contributed by atoms with Crippen molar-refractivity contribution in [3.63, 3.8) is 0 Å². The lowest BCUT2D eigenvalue weighted by molar-refractivity contribution is -0.124. The highest BCUT2D eigenvalue weighted by Crippen LogP contribution is 2.53. The van der Waals surface area contributed by atoms with Crippen molar-refractivity contribution in [1.29, 1.82) is 0 Å². The summed E-state index contributed by atoms with van der Waals surface area (Å²) in [5.74, 6) is 1.91. The molecule has 0 unspecified atom stereocenters. The first kappa shape index (κ1) is 31.6. The molecule has 1 saturated carbocycles. The maximum atomic E-state index is 13.7. The van der Waals surface area contributed by atoms with Crippen LogP contribution in [0.2, 0.25) is 0 Å². The van der Waals surface area contributed by atoms with Crippen molar-refractivity contribution in [3.8, 4) is 11.1 Å². The topological polar surface area (TPSA) is 106 Å². The van der Waals surface area contributed by atoms with E-state index in [4.69, 9.17) is 9.47 Å². The smallest absolute Gasteiger partial charge is 0.407 e. The molecule has 2 atom stereocenters. The van der Waals surface area contributed by atoms with Gasteiger partial charge in [-0.1, -0.05) is 61.4 Å². The van der Waals surface area contributed by atoms with Crippen LogP contribution in [0, 0.1) is 0 Å². The van der Waals surface area contributed by atoms with E-state index in [1.54, 1.807) is 0 Å². The van der Waals surface area contributed by atoms with Crippen molar-refractivity contribution in [1.82, 2.24) is 16.0 Å². The number of amides is 3. The van der Waals surface area contributed by atoms with E-state index in [-0.39, 0.29) is 28.6 Å². The molecule has 1 spiro atoms. The van der Waals surface area contributed by atoms with E-state index < -0.39 is 23.8 Å². The lowest BCUT2D eigenvalue weighted by atomic mass is 9.93. The summed E-state index contributed by atoms with van der Waals surface area (Å²) in [6, 6.07) is 15.7. The Kier molecular flexibility index (Phi) is 10.2. The molecule has 5 rings (SSSR count). The molecule has 1 heterocycles. The molecule has 2 aliphatic carbocycles. The summed E-state index contributed by atoms with van der Waals surface area (Å²) in [5, 5.41) is 8.90. The molecule has 2 fully saturated rings. The van der Waals surface area contributed by atoms with Crippen LogP contribution in [0.1, 0.15) is 76.3 Å². The van der Waals surface area contributed by atoms with E-state index in [1.165, 1.54) is 6.42 Å². The molecule has 1 saturated heterocycles. The maximum Gasteiger partial charge on any atom is 0.407 e. The number of carbonyl (C=O) groups is 3. The maximum absolute atomic E-state index is 13.7. The Bertz CT molecular complexity index is 1260. The Balaban J connectivity index is 1.22. The van der Waals surface area contributed by atoms with Gasteiger partial charge in [0.1, 0.15) is 18.2 Å². The number of fused-ring (bicyclic) bond motifs is 3. The van der Waals surface area contributed by atoms with Gasteiger partial charge in [-0.25, -0.2) is 9.59 Å². The molecule has 0 radical (unpaired) electrons. The Morgan fingerprint density at radius 1 is 0.953 bits per heavy atom. The second-order valence-corrected chi connectivity index (χ2v) is 15.5. The van der Waals surface area contributed by atoms with E-state index in [0.29, 0.717) is 19.4 Å². The Labute approximate surface area is 263 Å².